The van der Waals surface area contributed by atoms with Crippen molar-refractivity contribution in [3.05, 3.63) is 76.6 Å². The van der Waals surface area contributed by atoms with Gasteiger partial charge in [-0.1, -0.05) is 18.2 Å². The lowest BCUT2D eigenvalue weighted by molar-refractivity contribution is 0.146. The lowest BCUT2D eigenvalue weighted by Crippen LogP contribution is -2.46. The molecular formula is C21H21FN4O2. The van der Waals surface area contributed by atoms with Crippen LogP contribution < -0.4 is 10.5 Å². The molecule has 2 aromatic heterocycles. The third-order valence-corrected chi connectivity index (χ3v) is 4.90. The number of aryl methyl sites for hydroxylation is 1. The Morgan fingerprint density at radius 2 is 1.93 bits per heavy atom. The molecule has 0 spiro atoms. The molecule has 1 aliphatic heterocycles. The van der Waals surface area contributed by atoms with Crippen molar-refractivity contribution in [3.63, 3.8) is 0 Å². The highest BCUT2D eigenvalue weighted by Crippen LogP contribution is 2.22. The number of nitrogens with zero attached hydrogens (tertiary/aromatic N) is 4. The van der Waals surface area contributed by atoms with Gasteiger partial charge < -0.3 is 10.0 Å². The van der Waals surface area contributed by atoms with Crippen LogP contribution in [0.15, 0.2) is 59.7 Å². The number of anilines is 1. The van der Waals surface area contributed by atoms with Gasteiger partial charge in [-0.3, -0.25) is 14.3 Å². The predicted molar refractivity (Wildman–Crippen MR) is 105 cm³/mol. The van der Waals surface area contributed by atoms with E-state index in [1.807, 2.05) is 11.0 Å². The molecule has 0 radical (unpaired) electrons. The molecule has 0 bridgehead atoms. The predicted octanol–water partition coefficient (Wildman–Crippen LogP) is 2.26. The largest absolute Gasteiger partial charge is 0.389 e. The number of aliphatic hydroxyl groups excluding tert-OH is 1. The van der Waals surface area contributed by atoms with E-state index in [9.17, 15) is 14.3 Å². The van der Waals surface area contributed by atoms with Gasteiger partial charge in [0.2, 0.25) is 5.95 Å². The van der Waals surface area contributed by atoms with Gasteiger partial charge >= 0.3 is 0 Å². The number of aromatic nitrogens is 3. The summed E-state index contributed by atoms with van der Waals surface area (Å²) < 4.78 is 15.3. The van der Waals surface area contributed by atoms with E-state index in [1.54, 1.807) is 36.7 Å². The van der Waals surface area contributed by atoms with Crippen LogP contribution in [0.25, 0.3) is 11.3 Å². The van der Waals surface area contributed by atoms with Gasteiger partial charge in [0, 0.05) is 37.1 Å². The van der Waals surface area contributed by atoms with E-state index in [0.717, 1.165) is 5.56 Å². The third-order valence-electron chi connectivity index (χ3n) is 4.90. The van der Waals surface area contributed by atoms with Crippen molar-refractivity contribution in [3.8, 4) is 11.3 Å². The summed E-state index contributed by atoms with van der Waals surface area (Å²) in [5, 5.41) is 10.2. The summed E-state index contributed by atoms with van der Waals surface area (Å²) in [4.78, 5) is 23.2. The van der Waals surface area contributed by atoms with E-state index in [1.165, 1.54) is 16.7 Å². The van der Waals surface area contributed by atoms with Crippen LogP contribution >= 0.6 is 0 Å². The Bertz CT molecular complexity index is 1020. The molecule has 1 atom stereocenters. The van der Waals surface area contributed by atoms with Crippen molar-refractivity contribution in [1.82, 2.24) is 14.5 Å². The topological polar surface area (TPSA) is 71.2 Å². The van der Waals surface area contributed by atoms with Gasteiger partial charge in [-0.2, -0.15) is 0 Å². The van der Waals surface area contributed by atoms with Crippen LogP contribution in [0.3, 0.4) is 0 Å². The van der Waals surface area contributed by atoms with Crippen LogP contribution in [0.5, 0.6) is 0 Å². The number of pyridine rings is 1. The smallest absolute Gasteiger partial charge is 0.255 e. The fourth-order valence-electron chi connectivity index (χ4n) is 3.53. The Kier molecular flexibility index (Phi) is 5.16. The first-order valence-electron chi connectivity index (χ1n) is 9.30. The number of β-amino-alcohol motifs (C(OH)–C–C–N with tert-alkyl or cyclic N) is 1. The number of fused-ring (bicyclic) bond motifs is 1. The highest BCUT2D eigenvalue weighted by Gasteiger charge is 2.25. The van der Waals surface area contributed by atoms with Gasteiger partial charge in [0.05, 0.1) is 18.3 Å². The number of halogens is 1. The van der Waals surface area contributed by atoms with Gasteiger partial charge in [-0.15, -0.1) is 0 Å². The van der Waals surface area contributed by atoms with E-state index in [0.29, 0.717) is 43.1 Å². The van der Waals surface area contributed by atoms with E-state index < -0.39 is 6.10 Å². The lowest BCUT2D eigenvalue weighted by Gasteiger charge is -2.33. The zero-order chi connectivity index (χ0) is 19.5. The maximum Gasteiger partial charge on any atom is 0.255 e. The lowest BCUT2D eigenvalue weighted by atomic mass is 10.1. The van der Waals surface area contributed by atoms with Crippen LogP contribution in [0.4, 0.5) is 10.3 Å². The SMILES string of the molecule is O=c1cc(-c2ccncc2)nc2n1CC(O)CN2CCCc1ccccc1F. The molecule has 3 aromatic rings. The molecule has 28 heavy (non-hydrogen) atoms. The molecule has 6 nitrogen and oxygen atoms in total. The summed E-state index contributed by atoms with van der Waals surface area (Å²) in [6, 6.07) is 11.8. The van der Waals surface area contributed by atoms with Crippen molar-refractivity contribution in [2.75, 3.05) is 18.0 Å². The van der Waals surface area contributed by atoms with Gasteiger partial charge in [0.25, 0.3) is 5.56 Å². The molecule has 0 saturated carbocycles. The summed E-state index contributed by atoms with van der Waals surface area (Å²) in [5.74, 6) is 0.328. The Hall–Kier alpha value is -3.06. The van der Waals surface area contributed by atoms with Gasteiger partial charge in [-0.05, 0) is 36.6 Å². The first-order chi connectivity index (χ1) is 13.6. The summed E-state index contributed by atoms with van der Waals surface area (Å²) in [7, 11) is 0. The average molecular weight is 380 g/mol. The first kappa shape index (κ1) is 18.3. The standard InChI is InChI=1S/C21H21FN4O2/c22-18-6-2-1-4-15(18)5-3-11-25-13-17(27)14-26-20(28)12-19(24-21(25)26)16-7-9-23-10-8-16/h1-2,4,6-10,12,17,27H,3,5,11,13-14H2. The fraction of sp³-hybridized carbons (Fsp3) is 0.286. The summed E-state index contributed by atoms with van der Waals surface area (Å²) >= 11 is 0. The molecule has 0 aliphatic carbocycles. The van der Waals surface area contributed by atoms with Crippen molar-refractivity contribution < 1.29 is 9.50 Å². The quantitative estimate of drug-likeness (QED) is 0.735. The van der Waals surface area contributed by atoms with Crippen molar-refractivity contribution in [2.45, 2.75) is 25.5 Å². The number of hydrogen-bond donors (Lipinski definition) is 1. The zero-order valence-electron chi connectivity index (χ0n) is 15.3. The van der Waals surface area contributed by atoms with Crippen LogP contribution in [-0.4, -0.2) is 38.8 Å². The van der Waals surface area contributed by atoms with Crippen LogP contribution in [0, 0.1) is 5.82 Å². The Labute approximate surface area is 161 Å². The molecule has 144 valence electrons. The van der Waals surface area contributed by atoms with E-state index in [-0.39, 0.29) is 17.9 Å². The third kappa shape index (κ3) is 3.80. The zero-order valence-corrected chi connectivity index (χ0v) is 15.3. The average Bonchev–Trinajstić information content (AvgIpc) is 2.70. The molecule has 0 amide bonds. The Morgan fingerprint density at radius 1 is 1.14 bits per heavy atom. The second-order valence-electron chi connectivity index (χ2n) is 6.92. The molecule has 1 aliphatic rings. The fourth-order valence-corrected chi connectivity index (χ4v) is 3.53. The maximum absolute atomic E-state index is 13.8. The number of rotatable bonds is 5. The van der Waals surface area contributed by atoms with Crippen molar-refractivity contribution >= 4 is 5.95 Å². The molecule has 1 N–H and O–H groups in total. The number of hydrogen-bond acceptors (Lipinski definition) is 5. The Balaban J connectivity index is 1.59. The minimum atomic E-state index is -0.646. The second kappa shape index (κ2) is 7.90. The first-order valence-corrected chi connectivity index (χ1v) is 9.30. The van der Waals surface area contributed by atoms with Crippen molar-refractivity contribution in [2.24, 2.45) is 0 Å². The van der Waals surface area contributed by atoms with Crippen molar-refractivity contribution in [1.29, 1.82) is 0 Å². The molecular weight excluding hydrogens is 359 g/mol. The minimum absolute atomic E-state index is 0.199. The maximum atomic E-state index is 13.8. The summed E-state index contributed by atoms with van der Waals surface area (Å²) in [6.45, 7) is 1.18. The van der Waals surface area contributed by atoms with E-state index >= 15 is 0 Å². The molecule has 3 heterocycles. The molecule has 4 rings (SSSR count). The number of benzene rings is 1. The molecule has 7 heteroatoms. The van der Waals surface area contributed by atoms with Crippen LogP contribution in [0.1, 0.15) is 12.0 Å². The number of aliphatic hydroxyl groups is 1. The Morgan fingerprint density at radius 3 is 2.71 bits per heavy atom. The molecule has 0 fully saturated rings. The second-order valence-corrected chi connectivity index (χ2v) is 6.92. The van der Waals surface area contributed by atoms with Gasteiger partial charge in [-0.25, -0.2) is 9.37 Å². The van der Waals surface area contributed by atoms with Gasteiger partial charge in [0.1, 0.15) is 5.82 Å². The monoisotopic (exact) mass is 380 g/mol. The summed E-state index contributed by atoms with van der Waals surface area (Å²) in [6.07, 6.45) is 3.93. The van der Waals surface area contributed by atoms with Crippen LogP contribution in [-0.2, 0) is 13.0 Å². The summed E-state index contributed by atoms with van der Waals surface area (Å²) in [5.41, 5.74) is 1.85. The van der Waals surface area contributed by atoms with E-state index in [4.69, 9.17) is 0 Å². The van der Waals surface area contributed by atoms with Crippen LogP contribution in [0.2, 0.25) is 0 Å². The van der Waals surface area contributed by atoms with Gasteiger partial charge in [0.15, 0.2) is 0 Å². The molecule has 1 aromatic carbocycles. The normalized spacial score (nSPS) is 16.1. The molecule has 1 unspecified atom stereocenters. The highest BCUT2D eigenvalue weighted by molar-refractivity contribution is 5.59. The minimum Gasteiger partial charge on any atom is -0.389 e. The van der Waals surface area contributed by atoms with E-state index in [2.05, 4.69) is 9.97 Å². The highest BCUT2D eigenvalue weighted by atomic mass is 19.1. The molecule has 0 saturated heterocycles.